The molecule has 6 aromatic rings. The van der Waals surface area contributed by atoms with E-state index in [0.29, 0.717) is 28.7 Å². The first kappa shape index (κ1) is 28.0. The molecular formula is C35H23N6OPt-3. The number of rotatable bonds is 7. The van der Waals surface area contributed by atoms with Crippen LogP contribution in [0.3, 0.4) is 0 Å². The van der Waals surface area contributed by atoms with Crippen LogP contribution >= 0.6 is 0 Å². The Balaban J connectivity index is 0.00000329. The summed E-state index contributed by atoms with van der Waals surface area (Å²) in [4.78, 5) is 15.4. The monoisotopic (exact) mass is 738 g/mol. The molecule has 5 aromatic carbocycles. The molecule has 1 aromatic heterocycles. The van der Waals surface area contributed by atoms with Gasteiger partial charge >= 0.3 is 0 Å². The molecule has 7 rings (SSSR count). The zero-order chi connectivity index (χ0) is 28.1. The number of ether oxygens (including phenoxy) is 1. The molecule has 0 saturated carbocycles. The normalized spacial score (nSPS) is 12.4. The van der Waals surface area contributed by atoms with Gasteiger partial charge in [-0.2, -0.15) is 11.2 Å². The van der Waals surface area contributed by atoms with Gasteiger partial charge in [0.1, 0.15) is 12.2 Å². The molecule has 0 radical (unpaired) electrons. The van der Waals surface area contributed by atoms with Crippen LogP contribution < -0.4 is 14.6 Å². The van der Waals surface area contributed by atoms with Gasteiger partial charge in [-0.1, -0.05) is 90.6 Å². The van der Waals surface area contributed by atoms with Gasteiger partial charge in [-0.05, 0) is 12.1 Å². The number of para-hydroxylation sites is 1. The number of amidine groups is 1. The molecular weight excluding hydrogens is 716 g/mol. The fourth-order valence-electron chi connectivity index (χ4n) is 4.56. The average Bonchev–Trinajstić information content (AvgIpc) is 3.52. The van der Waals surface area contributed by atoms with Crippen molar-refractivity contribution in [2.75, 3.05) is 9.91 Å². The largest absolute Gasteiger partial charge is 0.503 e. The van der Waals surface area contributed by atoms with E-state index >= 15 is 0 Å². The minimum atomic E-state index is 0. The molecule has 0 atom stereocenters. The maximum atomic E-state index is 6.19. The Labute approximate surface area is 264 Å². The third kappa shape index (κ3) is 6.22. The van der Waals surface area contributed by atoms with Crippen molar-refractivity contribution >= 4 is 17.2 Å². The summed E-state index contributed by atoms with van der Waals surface area (Å²) in [6.45, 7) is 1.95. The zero-order valence-electron chi connectivity index (χ0n) is 22.7. The van der Waals surface area contributed by atoms with E-state index in [1.165, 1.54) is 6.33 Å². The molecule has 0 N–H and O–H groups in total. The minimum absolute atomic E-state index is 0. The minimum Gasteiger partial charge on any atom is -0.503 e. The summed E-state index contributed by atoms with van der Waals surface area (Å²) in [6.07, 6.45) is 1.51. The third-order valence-electron chi connectivity index (χ3n) is 6.55. The van der Waals surface area contributed by atoms with Crippen LogP contribution in [0.5, 0.6) is 11.5 Å². The van der Waals surface area contributed by atoms with Crippen molar-refractivity contribution in [3.8, 4) is 34.3 Å². The van der Waals surface area contributed by atoms with Gasteiger partial charge in [0.25, 0.3) is 0 Å². The second kappa shape index (κ2) is 12.8. The summed E-state index contributed by atoms with van der Waals surface area (Å²) in [5.74, 6) is 2.98. The molecule has 0 aliphatic carbocycles. The van der Waals surface area contributed by atoms with Crippen molar-refractivity contribution in [3.63, 3.8) is 0 Å². The molecule has 0 amide bonds. The Bertz CT molecular complexity index is 1850. The number of hydrogen-bond donors (Lipinski definition) is 0. The average molecular weight is 739 g/mol. The number of anilines is 2. The third-order valence-corrected chi connectivity index (χ3v) is 6.55. The number of aromatic nitrogens is 3. The van der Waals surface area contributed by atoms with E-state index in [-0.39, 0.29) is 21.1 Å². The molecule has 0 fully saturated rings. The molecule has 1 aliphatic heterocycles. The van der Waals surface area contributed by atoms with Crippen molar-refractivity contribution in [1.82, 2.24) is 15.0 Å². The van der Waals surface area contributed by atoms with Crippen molar-refractivity contribution in [1.29, 1.82) is 0 Å². The van der Waals surface area contributed by atoms with Gasteiger partial charge < -0.3 is 14.6 Å². The van der Waals surface area contributed by atoms with Crippen molar-refractivity contribution in [3.05, 3.63) is 158 Å². The maximum Gasteiger partial charge on any atom is 0.153 e. The van der Waals surface area contributed by atoms with Crippen LogP contribution in [-0.4, -0.2) is 20.8 Å². The van der Waals surface area contributed by atoms with Crippen LogP contribution in [-0.2, 0) is 21.1 Å². The van der Waals surface area contributed by atoms with Gasteiger partial charge in [-0.15, -0.1) is 48.6 Å². The molecule has 2 heterocycles. The summed E-state index contributed by atoms with van der Waals surface area (Å²) in [7, 11) is 0. The van der Waals surface area contributed by atoms with E-state index in [0.717, 1.165) is 28.3 Å². The van der Waals surface area contributed by atoms with Crippen LogP contribution in [0.2, 0.25) is 0 Å². The number of nitrogens with zero attached hydrogens (tertiary/aromatic N) is 6. The predicted octanol–water partition coefficient (Wildman–Crippen LogP) is 7.40. The van der Waals surface area contributed by atoms with E-state index in [1.54, 1.807) is 5.01 Å². The standard InChI is InChI=1S/C35H23N6O.Pt/c1-4-12-26(13-5-1)33-36-24-37-34(38-33)28-16-10-20-31(22-28)42-32-21-11-19-30(23-32)41-25-40(29-17-8-3-9-18-29)35(39-41)27-14-6-2-7-15-27;/h1-21,24-25H;/q-3;. The smallest absolute Gasteiger partial charge is 0.153 e. The predicted molar refractivity (Wildman–Crippen MR) is 164 cm³/mol. The molecule has 0 spiro atoms. The van der Waals surface area contributed by atoms with E-state index in [9.17, 15) is 0 Å². The van der Waals surface area contributed by atoms with Gasteiger partial charge in [0.05, 0.1) is 5.82 Å². The number of hydrogen-bond acceptors (Lipinski definition) is 7. The van der Waals surface area contributed by atoms with Crippen LogP contribution in [0.1, 0.15) is 5.56 Å². The zero-order valence-corrected chi connectivity index (χ0v) is 25.0. The van der Waals surface area contributed by atoms with E-state index < -0.39 is 0 Å². The van der Waals surface area contributed by atoms with Gasteiger partial charge in [-0.3, -0.25) is 9.97 Å². The second-order valence-corrected chi connectivity index (χ2v) is 9.38. The molecule has 7 nitrogen and oxygen atoms in total. The van der Waals surface area contributed by atoms with Gasteiger partial charge in [0.15, 0.2) is 5.82 Å². The van der Waals surface area contributed by atoms with E-state index in [2.05, 4.69) is 44.1 Å². The van der Waals surface area contributed by atoms with Gasteiger partial charge in [0, 0.05) is 49.4 Å². The van der Waals surface area contributed by atoms with E-state index in [4.69, 9.17) is 9.84 Å². The molecule has 43 heavy (non-hydrogen) atoms. The summed E-state index contributed by atoms with van der Waals surface area (Å²) < 4.78 is 6.19. The molecule has 8 heteroatoms. The fraction of sp³-hybridized carbons (Fsp3) is 0. The van der Waals surface area contributed by atoms with Crippen LogP contribution in [0.25, 0.3) is 22.8 Å². The molecule has 0 bridgehead atoms. The topological polar surface area (TPSA) is 66.7 Å². The number of benzene rings is 5. The summed E-state index contributed by atoms with van der Waals surface area (Å²) in [5, 5.41) is 6.73. The van der Waals surface area contributed by atoms with Crippen LogP contribution in [0.15, 0.2) is 139 Å². The Morgan fingerprint density at radius 3 is 1.98 bits per heavy atom. The first-order chi connectivity index (χ1) is 20.8. The van der Waals surface area contributed by atoms with Gasteiger partial charge in [-0.25, -0.2) is 4.98 Å². The Morgan fingerprint density at radius 2 is 1.23 bits per heavy atom. The molecule has 0 saturated heterocycles. The molecule has 212 valence electrons. The van der Waals surface area contributed by atoms with Crippen LogP contribution in [0, 0.1) is 18.8 Å². The maximum absolute atomic E-state index is 6.19. The summed E-state index contributed by atoms with van der Waals surface area (Å²) in [6, 6.07) is 48.0. The summed E-state index contributed by atoms with van der Waals surface area (Å²) in [5.41, 5.74) is 4.37. The van der Waals surface area contributed by atoms with Crippen molar-refractivity contribution < 1.29 is 25.8 Å². The Hall–Kier alpha value is -5.13. The van der Waals surface area contributed by atoms with Crippen molar-refractivity contribution in [2.24, 2.45) is 5.10 Å². The van der Waals surface area contributed by atoms with Crippen LogP contribution in [0.4, 0.5) is 11.4 Å². The van der Waals surface area contributed by atoms with E-state index in [1.807, 2.05) is 122 Å². The first-order valence-corrected chi connectivity index (χ1v) is 13.4. The molecule has 0 unspecified atom stereocenters. The first-order valence-electron chi connectivity index (χ1n) is 13.4. The second-order valence-electron chi connectivity index (χ2n) is 9.38. The SMILES string of the molecule is [Pt].[c-]1c(Oc2[c-]c(N3[CH-]N(c4ccccc4)C(c4ccccc4)=N3)ccc2)cccc1-c1ncnc(-c2ccccc2)n1. The number of hydrazone groups is 1. The summed E-state index contributed by atoms with van der Waals surface area (Å²) >= 11 is 0. The van der Waals surface area contributed by atoms with Gasteiger partial charge in [0.2, 0.25) is 0 Å². The quantitative estimate of drug-likeness (QED) is 0.159. The Kier molecular flexibility index (Phi) is 8.34. The molecule has 1 aliphatic rings. The fourth-order valence-corrected chi connectivity index (χ4v) is 4.56. The Morgan fingerprint density at radius 1 is 0.605 bits per heavy atom. The van der Waals surface area contributed by atoms with Crippen molar-refractivity contribution in [2.45, 2.75) is 0 Å².